The van der Waals surface area contributed by atoms with Crippen LogP contribution in [0.15, 0.2) is 18.2 Å². The van der Waals surface area contributed by atoms with Crippen molar-refractivity contribution in [2.24, 2.45) is 5.73 Å². The van der Waals surface area contributed by atoms with Crippen LogP contribution in [0.1, 0.15) is 23.7 Å². The Bertz CT molecular complexity index is 427. The van der Waals surface area contributed by atoms with Gasteiger partial charge in [-0.1, -0.05) is 12.1 Å². The monoisotopic (exact) mass is 234 g/mol. The van der Waals surface area contributed by atoms with E-state index < -0.39 is 0 Å². The molecule has 1 aliphatic heterocycles. The normalized spacial score (nSPS) is 16.9. The fraction of sp³-hybridized carbons (Fsp3) is 0.462. The number of fused-ring (bicyclic) bond motifs is 1. The minimum atomic E-state index is -0.0664. The number of anilines is 1. The molecule has 1 unspecified atom stereocenters. The lowest BCUT2D eigenvalue weighted by molar-refractivity contribution is -0.118. The molecular formula is C13H18N2O2. The molecule has 1 atom stereocenters. The maximum atomic E-state index is 11.6. The SMILES string of the molecule is COC(CN)c1ccc2c(c1)CCC(=O)N2C. The number of nitrogens with zero attached hydrogens (tertiary/aromatic N) is 1. The van der Waals surface area contributed by atoms with Crippen LogP contribution in [0.4, 0.5) is 5.69 Å². The van der Waals surface area contributed by atoms with Crippen molar-refractivity contribution in [3.8, 4) is 0 Å². The van der Waals surface area contributed by atoms with Crippen molar-refractivity contribution < 1.29 is 9.53 Å². The number of amides is 1. The summed E-state index contributed by atoms with van der Waals surface area (Å²) < 4.78 is 5.32. The van der Waals surface area contributed by atoms with Gasteiger partial charge in [-0.15, -0.1) is 0 Å². The van der Waals surface area contributed by atoms with Gasteiger partial charge in [0.2, 0.25) is 5.91 Å². The van der Waals surface area contributed by atoms with Gasteiger partial charge < -0.3 is 15.4 Å². The van der Waals surface area contributed by atoms with Crippen LogP contribution in [0.2, 0.25) is 0 Å². The Hall–Kier alpha value is -1.39. The van der Waals surface area contributed by atoms with Crippen molar-refractivity contribution in [3.05, 3.63) is 29.3 Å². The molecule has 1 heterocycles. The Morgan fingerprint density at radius 3 is 2.88 bits per heavy atom. The van der Waals surface area contributed by atoms with E-state index in [2.05, 4.69) is 6.07 Å². The molecule has 17 heavy (non-hydrogen) atoms. The van der Waals surface area contributed by atoms with E-state index in [1.807, 2.05) is 19.2 Å². The van der Waals surface area contributed by atoms with E-state index in [-0.39, 0.29) is 12.0 Å². The van der Waals surface area contributed by atoms with Crippen LogP contribution in [0.3, 0.4) is 0 Å². The topological polar surface area (TPSA) is 55.6 Å². The van der Waals surface area contributed by atoms with E-state index in [0.717, 1.165) is 17.7 Å². The van der Waals surface area contributed by atoms with Crippen LogP contribution >= 0.6 is 0 Å². The molecule has 4 nitrogen and oxygen atoms in total. The van der Waals surface area contributed by atoms with Crippen LogP contribution in [0.5, 0.6) is 0 Å². The van der Waals surface area contributed by atoms with Gasteiger partial charge in [0, 0.05) is 32.8 Å². The summed E-state index contributed by atoms with van der Waals surface area (Å²) in [6.45, 7) is 0.462. The summed E-state index contributed by atoms with van der Waals surface area (Å²) in [5, 5.41) is 0. The minimum absolute atomic E-state index is 0.0664. The number of ether oxygens (including phenoxy) is 1. The van der Waals surface area contributed by atoms with Crippen LogP contribution in [-0.2, 0) is 16.0 Å². The van der Waals surface area contributed by atoms with E-state index >= 15 is 0 Å². The Morgan fingerprint density at radius 2 is 2.24 bits per heavy atom. The second kappa shape index (κ2) is 4.85. The minimum Gasteiger partial charge on any atom is -0.375 e. The molecule has 0 aliphatic carbocycles. The van der Waals surface area contributed by atoms with Gasteiger partial charge in [-0.25, -0.2) is 0 Å². The summed E-state index contributed by atoms with van der Waals surface area (Å²) in [6.07, 6.45) is 1.31. The first-order valence-electron chi connectivity index (χ1n) is 5.79. The summed E-state index contributed by atoms with van der Waals surface area (Å²) in [7, 11) is 3.48. The molecule has 0 aromatic heterocycles. The molecule has 0 spiro atoms. The molecule has 92 valence electrons. The van der Waals surface area contributed by atoms with Crippen LogP contribution < -0.4 is 10.6 Å². The average Bonchev–Trinajstić information content (AvgIpc) is 2.35. The molecule has 2 N–H and O–H groups in total. The third kappa shape index (κ3) is 2.18. The Labute approximate surface area is 101 Å². The van der Waals surface area contributed by atoms with E-state index in [0.29, 0.717) is 13.0 Å². The maximum absolute atomic E-state index is 11.6. The number of aryl methyl sites for hydroxylation is 1. The van der Waals surface area contributed by atoms with E-state index in [9.17, 15) is 4.79 Å². The molecule has 0 bridgehead atoms. The molecule has 1 aromatic rings. The van der Waals surface area contributed by atoms with Gasteiger partial charge in [-0.05, 0) is 23.6 Å². The predicted octanol–water partition coefficient (Wildman–Crippen LogP) is 1.24. The standard InChI is InChI=1S/C13H18N2O2/c1-15-11-5-3-10(12(8-14)17-2)7-9(11)4-6-13(15)16/h3,5,7,12H,4,6,8,14H2,1-2H3. The first kappa shape index (κ1) is 12.1. The molecule has 1 aromatic carbocycles. The van der Waals surface area contributed by atoms with Gasteiger partial charge in [-0.3, -0.25) is 4.79 Å². The predicted molar refractivity (Wildman–Crippen MR) is 67.0 cm³/mol. The Kier molecular flexibility index (Phi) is 3.45. The van der Waals surface area contributed by atoms with Crippen LogP contribution in [-0.4, -0.2) is 26.6 Å². The number of rotatable bonds is 3. The van der Waals surface area contributed by atoms with Gasteiger partial charge in [0.15, 0.2) is 0 Å². The average molecular weight is 234 g/mol. The summed E-state index contributed by atoms with van der Waals surface area (Å²) in [5.41, 5.74) is 8.92. The lowest BCUT2D eigenvalue weighted by atomic mass is 9.97. The van der Waals surface area contributed by atoms with Crippen LogP contribution in [0.25, 0.3) is 0 Å². The largest absolute Gasteiger partial charge is 0.375 e. The molecule has 0 radical (unpaired) electrons. The zero-order chi connectivity index (χ0) is 12.4. The third-order valence-corrected chi connectivity index (χ3v) is 3.32. The summed E-state index contributed by atoms with van der Waals surface area (Å²) in [5.74, 6) is 0.173. The Balaban J connectivity index is 2.35. The lowest BCUT2D eigenvalue weighted by Gasteiger charge is -2.27. The fourth-order valence-corrected chi connectivity index (χ4v) is 2.25. The number of carbonyl (C=O) groups excluding carboxylic acids is 1. The second-order valence-corrected chi connectivity index (χ2v) is 4.30. The highest BCUT2D eigenvalue weighted by Gasteiger charge is 2.21. The number of benzene rings is 1. The molecule has 1 aliphatic rings. The Morgan fingerprint density at radius 1 is 1.47 bits per heavy atom. The molecule has 4 heteroatoms. The van der Waals surface area contributed by atoms with Crippen molar-refractivity contribution in [3.63, 3.8) is 0 Å². The van der Waals surface area contributed by atoms with Gasteiger partial charge in [0.1, 0.15) is 0 Å². The maximum Gasteiger partial charge on any atom is 0.227 e. The zero-order valence-electron chi connectivity index (χ0n) is 10.3. The number of hydrogen-bond acceptors (Lipinski definition) is 3. The summed E-state index contributed by atoms with van der Waals surface area (Å²) >= 11 is 0. The third-order valence-electron chi connectivity index (χ3n) is 3.32. The first-order valence-corrected chi connectivity index (χ1v) is 5.79. The molecule has 0 fully saturated rings. The highest BCUT2D eigenvalue weighted by atomic mass is 16.5. The van der Waals surface area contributed by atoms with Gasteiger partial charge >= 0.3 is 0 Å². The van der Waals surface area contributed by atoms with E-state index in [1.165, 1.54) is 5.56 Å². The number of methoxy groups -OCH3 is 1. The van der Waals surface area contributed by atoms with Crippen LogP contribution in [0, 0.1) is 0 Å². The number of carbonyl (C=O) groups is 1. The summed E-state index contributed by atoms with van der Waals surface area (Å²) in [4.78, 5) is 13.3. The van der Waals surface area contributed by atoms with E-state index in [4.69, 9.17) is 10.5 Å². The number of hydrogen-bond donors (Lipinski definition) is 1. The smallest absolute Gasteiger partial charge is 0.227 e. The molecule has 0 saturated heterocycles. The van der Waals surface area contributed by atoms with Crippen molar-refractivity contribution in [2.75, 3.05) is 25.6 Å². The quantitative estimate of drug-likeness (QED) is 0.856. The van der Waals surface area contributed by atoms with E-state index in [1.54, 1.807) is 12.0 Å². The molecule has 1 amide bonds. The van der Waals surface area contributed by atoms with Crippen molar-refractivity contribution in [1.29, 1.82) is 0 Å². The lowest BCUT2D eigenvalue weighted by Crippen LogP contribution is -2.31. The highest BCUT2D eigenvalue weighted by Crippen LogP contribution is 2.29. The second-order valence-electron chi connectivity index (χ2n) is 4.30. The van der Waals surface area contributed by atoms with Gasteiger partial charge in [0.25, 0.3) is 0 Å². The fourth-order valence-electron chi connectivity index (χ4n) is 2.25. The summed E-state index contributed by atoms with van der Waals surface area (Å²) in [6, 6.07) is 6.05. The van der Waals surface area contributed by atoms with Gasteiger partial charge in [0.05, 0.1) is 6.10 Å². The highest BCUT2D eigenvalue weighted by molar-refractivity contribution is 5.95. The zero-order valence-corrected chi connectivity index (χ0v) is 10.3. The van der Waals surface area contributed by atoms with Crippen molar-refractivity contribution >= 4 is 11.6 Å². The van der Waals surface area contributed by atoms with Crippen molar-refractivity contribution in [2.45, 2.75) is 18.9 Å². The molecule has 2 rings (SSSR count). The van der Waals surface area contributed by atoms with Gasteiger partial charge in [-0.2, -0.15) is 0 Å². The number of nitrogens with two attached hydrogens (primary N) is 1. The molecular weight excluding hydrogens is 216 g/mol. The van der Waals surface area contributed by atoms with Crippen molar-refractivity contribution in [1.82, 2.24) is 0 Å². The molecule has 0 saturated carbocycles. The first-order chi connectivity index (χ1) is 8.17.